The molecule has 0 fully saturated rings. The van der Waals surface area contributed by atoms with Gasteiger partial charge in [0, 0.05) is 47.1 Å². The molecule has 0 aliphatic rings. The fourth-order valence-corrected chi connectivity index (χ4v) is 6.02. The number of carboxylic acid groups (broad SMARTS) is 2. The lowest BCUT2D eigenvalue weighted by molar-refractivity contribution is -0.138. The van der Waals surface area contributed by atoms with Crippen LogP contribution in [0.3, 0.4) is 0 Å². The van der Waals surface area contributed by atoms with E-state index in [0.29, 0.717) is 24.3 Å². The summed E-state index contributed by atoms with van der Waals surface area (Å²) < 4.78 is 21.2. The summed E-state index contributed by atoms with van der Waals surface area (Å²) >= 11 is 1.14. The molecular formula is C38H33N3O6S. The van der Waals surface area contributed by atoms with Gasteiger partial charge in [-0.25, -0.2) is 0 Å². The fourth-order valence-electron chi connectivity index (χ4n) is 5.44. The van der Waals surface area contributed by atoms with Crippen LogP contribution >= 0.6 is 11.7 Å². The molecule has 6 rings (SSSR count). The monoisotopic (exact) mass is 659 g/mol. The van der Waals surface area contributed by atoms with Crippen LogP contribution in [0.1, 0.15) is 25.7 Å². The van der Waals surface area contributed by atoms with Gasteiger partial charge in [0.15, 0.2) is 0 Å². The van der Waals surface area contributed by atoms with Crippen molar-refractivity contribution in [3.8, 4) is 33.8 Å². The summed E-state index contributed by atoms with van der Waals surface area (Å²) in [7, 11) is 0. The molecule has 0 spiro atoms. The van der Waals surface area contributed by atoms with Crippen molar-refractivity contribution in [3.05, 3.63) is 115 Å². The van der Waals surface area contributed by atoms with Gasteiger partial charge in [0.2, 0.25) is 0 Å². The standard InChI is InChI=1S/C38H33N3O6S/c42-35(43)13-7-21-46-31-23-27(24-32(25-31)47-22-8-14-36(44)45)34-20-19-33(37-38(34)40-48-39-37)26-15-17-30(18-16-26)41(28-9-3-1-4-10-28)29-11-5-2-6-12-29/h1-6,9-12,15-20,23-25H,7-8,13-14,21-22H2,(H,42,43)(H,44,45). The van der Waals surface area contributed by atoms with Crippen LogP contribution in [0.25, 0.3) is 33.3 Å². The molecule has 0 aliphatic heterocycles. The minimum absolute atomic E-state index is 0.00232. The topological polar surface area (TPSA) is 122 Å². The van der Waals surface area contributed by atoms with Gasteiger partial charge in [-0.1, -0.05) is 60.7 Å². The lowest BCUT2D eigenvalue weighted by atomic mass is 9.97. The second-order valence-electron chi connectivity index (χ2n) is 11.1. The number of aliphatic carboxylic acids is 2. The van der Waals surface area contributed by atoms with E-state index in [-0.39, 0.29) is 26.1 Å². The number of fused-ring (bicyclic) bond motifs is 1. The zero-order chi connectivity index (χ0) is 33.3. The van der Waals surface area contributed by atoms with Crippen molar-refractivity contribution in [1.29, 1.82) is 0 Å². The molecule has 1 aromatic heterocycles. The Labute approximate surface area is 282 Å². The molecule has 0 atom stereocenters. The summed E-state index contributed by atoms with van der Waals surface area (Å²) in [4.78, 5) is 24.1. The first-order valence-corrected chi connectivity index (χ1v) is 16.3. The van der Waals surface area contributed by atoms with E-state index in [4.69, 9.17) is 19.7 Å². The molecule has 5 aromatic carbocycles. The van der Waals surface area contributed by atoms with Gasteiger partial charge in [-0.15, -0.1) is 0 Å². The molecule has 0 saturated carbocycles. The van der Waals surface area contributed by atoms with Gasteiger partial charge in [0.25, 0.3) is 0 Å². The fraction of sp³-hybridized carbons (Fsp3) is 0.158. The molecular weight excluding hydrogens is 627 g/mol. The van der Waals surface area contributed by atoms with E-state index >= 15 is 0 Å². The Bertz CT molecular complexity index is 1920. The van der Waals surface area contributed by atoms with Gasteiger partial charge in [-0.2, -0.15) is 8.75 Å². The highest BCUT2D eigenvalue weighted by atomic mass is 32.1. The molecule has 2 N–H and O–H groups in total. The maximum atomic E-state index is 11.0. The van der Waals surface area contributed by atoms with Gasteiger partial charge >= 0.3 is 11.9 Å². The highest BCUT2D eigenvalue weighted by Gasteiger charge is 2.17. The maximum Gasteiger partial charge on any atom is 0.303 e. The number of aromatic nitrogens is 2. The number of nitrogens with zero attached hydrogens (tertiary/aromatic N) is 3. The summed E-state index contributed by atoms with van der Waals surface area (Å²) in [6.07, 6.45) is 0.720. The van der Waals surface area contributed by atoms with Crippen LogP contribution in [0.4, 0.5) is 17.1 Å². The Morgan fingerprint density at radius 3 is 1.52 bits per heavy atom. The van der Waals surface area contributed by atoms with Crippen molar-refractivity contribution in [3.63, 3.8) is 0 Å². The molecule has 0 bridgehead atoms. The first-order valence-electron chi connectivity index (χ1n) is 15.6. The lowest BCUT2D eigenvalue weighted by Gasteiger charge is -2.25. The zero-order valence-corrected chi connectivity index (χ0v) is 26.8. The minimum Gasteiger partial charge on any atom is -0.493 e. The van der Waals surface area contributed by atoms with E-state index in [1.165, 1.54) is 0 Å². The van der Waals surface area contributed by atoms with Crippen molar-refractivity contribution in [2.24, 2.45) is 0 Å². The molecule has 9 nitrogen and oxygen atoms in total. The van der Waals surface area contributed by atoms with E-state index in [0.717, 1.165) is 62.1 Å². The molecule has 0 radical (unpaired) electrons. The summed E-state index contributed by atoms with van der Waals surface area (Å²) in [5.41, 5.74) is 8.23. The molecule has 0 aliphatic carbocycles. The number of hydrogen-bond acceptors (Lipinski definition) is 8. The Kier molecular flexibility index (Phi) is 10.2. The Balaban J connectivity index is 1.31. The lowest BCUT2D eigenvalue weighted by Crippen LogP contribution is -2.09. The van der Waals surface area contributed by atoms with Crippen LogP contribution in [0, 0.1) is 0 Å². The molecule has 0 unspecified atom stereocenters. The van der Waals surface area contributed by atoms with Crippen LogP contribution in [-0.2, 0) is 9.59 Å². The molecule has 0 amide bonds. The second kappa shape index (κ2) is 15.2. The van der Waals surface area contributed by atoms with E-state index in [9.17, 15) is 9.59 Å². The van der Waals surface area contributed by atoms with Gasteiger partial charge in [-0.3, -0.25) is 9.59 Å². The summed E-state index contributed by atoms with van der Waals surface area (Å²) in [6.45, 7) is 0.450. The number of hydrogen-bond donors (Lipinski definition) is 2. The number of para-hydroxylation sites is 2. The third kappa shape index (κ3) is 7.79. The van der Waals surface area contributed by atoms with Crippen LogP contribution in [-0.4, -0.2) is 44.1 Å². The highest BCUT2D eigenvalue weighted by Crippen LogP contribution is 2.39. The number of anilines is 3. The quantitative estimate of drug-likeness (QED) is 0.104. The number of benzene rings is 5. The highest BCUT2D eigenvalue weighted by molar-refractivity contribution is 7.00. The Hall–Kier alpha value is -5.74. The van der Waals surface area contributed by atoms with Crippen molar-refractivity contribution < 1.29 is 29.3 Å². The van der Waals surface area contributed by atoms with Crippen molar-refractivity contribution in [2.75, 3.05) is 18.1 Å². The predicted molar refractivity (Wildman–Crippen MR) is 188 cm³/mol. The van der Waals surface area contributed by atoms with Gasteiger partial charge in [0.05, 0.1) is 24.9 Å². The SMILES string of the molecule is O=C(O)CCCOc1cc(OCCCC(=O)O)cc(-c2ccc(-c3ccc(N(c4ccccc4)c4ccccc4)cc3)c3nsnc23)c1. The third-order valence-electron chi connectivity index (χ3n) is 7.68. The van der Waals surface area contributed by atoms with Crippen molar-refractivity contribution >= 4 is 51.8 Å². The zero-order valence-electron chi connectivity index (χ0n) is 26.0. The number of carboxylic acids is 2. The van der Waals surface area contributed by atoms with E-state index < -0.39 is 11.9 Å². The summed E-state index contributed by atoms with van der Waals surface area (Å²) in [5, 5.41) is 18.0. The van der Waals surface area contributed by atoms with Crippen LogP contribution < -0.4 is 14.4 Å². The molecule has 1 heterocycles. The Morgan fingerprint density at radius 1 is 0.583 bits per heavy atom. The predicted octanol–water partition coefficient (Wildman–Crippen LogP) is 8.98. The summed E-state index contributed by atoms with van der Waals surface area (Å²) in [6, 6.07) is 38.4. The molecule has 10 heteroatoms. The molecule has 242 valence electrons. The largest absolute Gasteiger partial charge is 0.493 e. The first-order chi connectivity index (χ1) is 23.5. The van der Waals surface area contributed by atoms with E-state index in [1.807, 2.05) is 60.7 Å². The van der Waals surface area contributed by atoms with Crippen molar-refractivity contribution in [2.45, 2.75) is 25.7 Å². The first kappa shape index (κ1) is 32.2. The maximum absolute atomic E-state index is 11.0. The average molecular weight is 660 g/mol. The second-order valence-corrected chi connectivity index (χ2v) is 11.6. The molecule has 0 saturated heterocycles. The number of ether oxygens (including phenoxy) is 2. The van der Waals surface area contributed by atoms with E-state index in [2.05, 4.69) is 62.2 Å². The normalized spacial score (nSPS) is 10.9. The number of rotatable bonds is 15. The van der Waals surface area contributed by atoms with E-state index in [1.54, 1.807) is 6.07 Å². The van der Waals surface area contributed by atoms with Gasteiger partial charge in [0.1, 0.15) is 22.5 Å². The van der Waals surface area contributed by atoms with Crippen LogP contribution in [0.15, 0.2) is 115 Å². The van der Waals surface area contributed by atoms with Gasteiger partial charge < -0.3 is 24.6 Å². The minimum atomic E-state index is -0.882. The molecule has 48 heavy (non-hydrogen) atoms. The average Bonchev–Trinajstić information content (AvgIpc) is 3.60. The third-order valence-corrected chi connectivity index (χ3v) is 8.21. The Morgan fingerprint density at radius 2 is 1.04 bits per heavy atom. The van der Waals surface area contributed by atoms with Crippen LogP contribution in [0.2, 0.25) is 0 Å². The van der Waals surface area contributed by atoms with Crippen LogP contribution in [0.5, 0.6) is 11.5 Å². The smallest absolute Gasteiger partial charge is 0.303 e. The van der Waals surface area contributed by atoms with Gasteiger partial charge in [-0.05, 0) is 72.5 Å². The van der Waals surface area contributed by atoms with Crippen molar-refractivity contribution in [1.82, 2.24) is 8.75 Å². The number of carbonyl (C=O) groups is 2. The molecule has 6 aromatic rings. The summed E-state index contributed by atoms with van der Waals surface area (Å²) in [5.74, 6) is -0.729.